The van der Waals surface area contributed by atoms with Crippen LogP contribution in [0.25, 0.3) is 0 Å². The number of sulfonamides is 2. The van der Waals surface area contributed by atoms with E-state index in [1.807, 2.05) is 13.8 Å². The molecule has 0 aromatic heterocycles. The molecular formula is C20H44N2O5S2. The highest BCUT2D eigenvalue weighted by Crippen LogP contribution is 2.36. The Morgan fingerprint density at radius 2 is 1.17 bits per heavy atom. The highest BCUT2D eigenvalue weighted by atomic mass is 32.2. The van der Waals surface area contributed by atoms with Crippen molar-refractivity contribution in [1.82, 2.24) is 0 Å². The SMILES string of the molecule is CCC(CC)(CCCCOCCCCC(CC)(CC)S(N)(=O)=O)CCS(N)(=O)=O. The van der Waals surface area contributed by atoms with Gasteiger partial charge in [0.2, 0.25) is 20.0 Å². The van der Waals surface area contributed by atoms with E-state index in [1.54, 1.807) is 0 Å². The van der Waals surface area contributed by atoms with Crippen LogP contribution in [-0.2, 0) is 24.8 Å². The summed E-state index contributed by atoms with van der Waals surface area (Å²) in [6.45, 7) is 9.25. The fraction of sp³-hybridized carbons (Fsp3) is 1.00. The van der Waals surface area contributed by atoms with Crippen LogP contribution in [-0.4, -0.2) is 40.5 Å². The maximum atomic E-state index is 11.9. The molecule has 0 aromatic carbocycles. The molecule has 0 aromatic rings. The third-order valence-corrected chi connectivity index (χ3v) is 9.49. The second kappa shape index (κ2) is 13.2. The van der Waals surface area contributed by atoms with Gasteiger partial charge in [-0.3, -0.25) is 0 Å². The van der Waals surface area contributed by atoms with Gasteiger partial charge in [0.25, 0.3) is 0 Å². The lowest BCUT2D eigenvalue weighted by Crippen LogP contribution is -2.42. The van der Waals surface area contributed by atoms with E-state index in [4.69, 9.17) is 15.0 Å². The summed E-state index contributed by atoms with van der Waals surface area (Å²) in [6, 6.07) is 0. The van der Waals surface area contributed by atoms with E-state index in [0.717, 1.165) is 44.9 Å². The topological polar surface area (TPSA) is 130 Å². The zero-order valence-electron chi connectivity index (χ0n) is 18.9. The summed E-state index contributed by atoms with van der Waals surface area (Å²) >= 11 is 0. The zero-order valence-corrected chi connectivity index (χ0v) is 20.5. The average molecular weight is 457 g/mol. The normalized spacial score (nSPS) is 13.7. The number of hydrogen-bond donors (Lipinski definition) is 2. The predicted molar refractivity (Wildman–Crippen MR) is 121 cm³/mol. The van der Waals surface area contributed by atoms with Crippen molar-refractivity contribution in [1.29, 1.82) is 0 Å². The molecular weight excluding hydrogens is 412 g/mol. The van der Waals surface area contributed by atoms with Gasteiger partial charge in [-0.05, 0) is 56.8 Å². The molecule has 0 atom stereocenters. The molecule has 0 bridgehead atoms. The molecule has 7 nitrogen and oxygen atoms in total. The van der Waals surface area contributed by atoms with Gasteiger partial charge in [0.1, 0.15) is 0 Å². The van der Waals surface area contributed by atoms with Gasteiger partial charge >= 0.3 is 0 Å². The third kappa shape index (κ3) is 10.6. The molecule has 4 N–H and O–H groups in total. The minimum atomic E-state index is -3.55. The Morgan fingerprint density at radius 3 is 1.55 bits per heavy atom. The summed E-state index contributed by atoms with van der Waals surface area (Å²) < 4.78 is 51.2. The molecule has 0 aliphatic heterocycles. The maximum absolute atomic E-state index is 11.9. The van der Waals surface area contributed by atoms with E-state index in [-0.39, 0.29) is 11.2 Å². The summed E-state index contributed by atoms with van der Waals surface area (Å²) in [5, 5.41) is 10.6. The molecule has 0 saturated heterocycles. The summed E-state index contributed by atoms with van der Waals surface area (Å²) in [7, 11) is -6.97. The number of rotatable bonds is 18. The standard InChI is InChI=1S/C20H44N2O5S2/c1-5-19(6-2,15-18-28(21,23)24)13-9-11-16-27-17-12-10-14-20(7-3,8-4)29(22,25)26/h5-18H2,1-4H3,(H2,21,23,24)(H2,22,25,26). The first-order valence-corrected chi connectivity index (χ1v) is 14.3. The lowest BCUT2D eigenvalue weighted by Gasteiger charge is -2.31. The molecule has 0 aliphatic carbocycles. The Bertz CT molecular complexity index is 640. The van der Waals surface area contributed by atoms with Crippen LogP contribution in [0, 0.1) is 5.41 Å². The Kier molecular flexibility index (Phi) is 13.1. The largest absolute Gasteiger partial charge is 0.381 e. The first-order chi connectivity index (χ1) is 13.4. The monoisotopic (exact) mass is 456 g/mol. The second-order valence-corrected chi connectivity index (χ2v) is 12.0. The maximum Gasteiger partial charge on any atom is 0.214 e. The van der Waals surface area contributed by atoms with Gasteiger partial charge in [-0.15, -0.1) is 0 Å². The highest BCUT2D eigenvalue weighted by Gasteiger charge is 2.37. The van der Waals surface area contributed by atoms with Crippen molar-refractivity contribution >= 4 is 20.0 Å². The van der Waals surface area contributed by atoms with Gasteiger partial charge < -0.3 is 4.74 Å². The molecule has 9 heteroatoms. The molecule has 0 spiro atoms. The van der Waals surface area contributed by atoms with Gasteiger partial charge in [0.05, 0.1) is 10.5 Å². The van der Waals surface area contributed by atoms with Crippen molar-refractivity contribution in [3.8, 4) is 0 Å². The predicted octanol–water partition coefficient (Wildman–Crippen LogP) is 3.68. The fourth-order valence-corrected chi connectivity index (χ4v) is 6.00. The lowest BCUT2D eigenvalue weighted by molar-refractivity contribution is 0.119. The smallest absolute Gasteiger partial charge is 0.214 e. The first-order valence-electron chi connectivity index (χ1n) is 11.0. The molecule has 0 rings (SSSR count). The van der Waals surface area contributed by atoms with Crippen LogP contribution in [0.1, 0.15) is 98.3 Å². The minimum Gasteiger partial charge on any atom is -0.381 e. The van der Waals surface area contributed by atoms with Crippen molar-refractivity contribution in [3.63, 3.8) is 0 Å². The molecule has 0 saturated carbocycles. The summed E-state index contributed by atoms with van der Waals surface area (Å²) in [6.07, 6.45) is 8.64. The van der Waals surface area contributed by atoms with Gasteiger partial charge in [0.15, 0.2) is 0 Å². The summed E-state index contributed by atoms with van der Waals surface area (Å²) in [4.78, 5) is 0. The Hall–Kier alpha value is -0.220. The molecule has 0 amide bonds. The fourth-order valence-electron chi connectivity index (χ4n) is 4.05. The number of primary sulfonamides is 2. The van der Waals surface area contributed by atoms with Crippen LogP contribution >= 0.6 is 0 Å². The number of unbranched alkanes of at least 4 members (excludes halogenated alkanes) is 2. The van der Waals surface area contributed by atoms with Gasteiger partial charge in [0, 0.05) is 13.2 Å². The van der Waals surface area contributed by atoms with E-state index in [1.165, 1.54) is 0 Å². The van der Waals surface area contributed by atoms with Crippen LogP contribution < -0.4 is 10.3 Å². The van der Waals surface area contributed by atoms with Crippen LogP contribution in [0.3, 0.4) is 0 Å². The summed E-state index contributed by atoms with van der Waals surface area (Å²) in [5.41, 5.74) is 0.0315. The first kappa shape index (κ1) is 28.8. The quantitative estimate of drug-likeness (QED) is 0.304. The number of hydrogen-bond acceptors (Lipinski definition) is 5. The molecule has 176 valence electrons. The number of nitrogens with two attached hydrogens (primary N) is 2. The van der Waals surface area contributed by atoms with E-state index < -0.39 is 24.8 Å². The highest BCUT2D eigenvalue weighted by molar-refractivity contribution is 7.90. The molecule has 0 heterocycles. The average Bonchev–Trinajstić information content (AvgIpc) is 2.64. The van der Waals surface area contributed by atoms with E-state index in [2.05, 4.69) is 13.8 Å². The molecule has 0 aliphatic rings. The van der Waals surface area contributed by atoms with E-state index >= 15 is 0 Å². The van der Waals surface area contributed by atoms with E-state index in [0.29, 0.717) is 38.9 Å². The summed E-state index contributed by atoms with van der Waals surface area (Å²) in [5.74, 6) is 0.0424. The minimum absolute atomic E-state index is 0.0315. The Morgan fingerprint density at radius 1 is 0.690 bits per heavy atom. The van der Waals surface area contributed by atoms with Gasteiger partial charge in [-0.25, -0.2) is 27.1 Å². The van der Waals surface area contributed by atoms with Crippen molar-refractivity contribution in [2.24, 2.45) is 15.7 Å². The number of ether oxygens (including phenoxy) is 1. The third-order valence-electron chi connectivity index (χ3n) is 6.73. The van der Waals surface area contributed by atoms with Crippen molar-refractivity contribution in [2.75, 3.05) is 19.0 Å². The molecule has 0 fully saturated rings. The van der Waals surface area contributed by atoms with Gasteiger partial charge in [-0.1, -0.05) is 47.0 Å². The van der Waals surface area contributed by atoms with Crippen LogP contribution in [0.15, 0.2) is 0 Å². The molecule has 0 radical (unpaired) electrons. The van der Waals surface area contributed by atoms with E-state index in [9.17, 15) is 16.8 Å². The van der Waals surface area contributed by atoms with Crippen molar-refractivity contribution < 1.29 is 21.6 Å². The lowest BCUT2D eigenvalue weighted by atomic mass is 9.76. The van der Waals surface area contributed by atoms with Crippen LogP contribution in [0.5, 0.6) is 0 Å². The second-order valence-electron chi connectivity index (χ2n) is 8.29. The molecule has 0 unspecified atom stereocenters. The zero-order chi connectivity index (χ0) is 22.6. The van der Waals surface area contributed by atoms with Crippen molar-refractivity contribution in [3.05, 3.63) is 0 Å². The van der Waals surface area contributed by atoms with Gasteiger partial charge in [-0.2, -0.15) is 0 Å². The Balaban J connectivity index is 4.12. The Labute approximate surface area is 179 Å². The van der Waals surface area contributed by atoms with Crippen LogP contribution in [0.2, 0.25) is 0 Å². The molecule has 29 heavy (non-hydrogen) atoms. The van der Waals surface area contributed by atoms with Crippen molar-refractivity contribution in [2.45, 2.75) is 103 Å². The van der Waals surface area contributed by atoms with Crippen LogP contribution in [0.4, 0.5) is 0 Å².